The Hall–Kier alpha value is -2.73. The van der Waals surface area contributed by atoms with E-state index >= 15 is 0 Å². The SMILES string of the molecule is COc1cccc2c1O[C@@H](CN[C@@H]1CC[C@H](c3c[nH]c4ccc(F)cc34)C1)CO2. The highest BCUT2D eigenvalue weighted by molar-refractivity contribution is 5.83. The summed E-state index contributed by atoms with van der Waals surface area (Å²) >= 11 is 0. The van der Waals surface area contributed by atoms with Gasteiger partial charge in [0.25, 0.3) is 0 Å². The molecular formula is C23H25FN2O3. The number of nitrogens with one attached hydrogen (secondary N) is 2. The maximum Gasteiger partial charge on any atom is 0.204 e. The molecule has 5 nitrogen and oxygen atoms in total. The third-order valence-corrected chi connectivity index (χ3v) is 6.05. The highest BCUT2D eigenvalue weighted by atomic mass is 19.1. The Morgan fingerprint density at radius 1 is 1.24 bits per heavy atom. The minimum absolute atomic E-state index is 0.0555. The zero-order valence-corrected chi connectivity index (χ0v) is 16.4. The summed E-state index contributed by atoms with van der Waals surface area (Å²) in [5, 5.41) is 4.64. The summed E-state index contributed by atoms with van der Waals surface area (Å²) in [6, 6.07) is 11.0. The van der Waals surface area contributed by atoms with Crippen molar-refractivity contribution < 1.29 is 18.6 Å². The van der Waals surface area contributed by atoms with Crippen LogP contribution in [0, 0.1) is 5.82 Å². The van der Waals surface area contributed by atoms with Crippen molar-refractivity contribution in [2.45, 2.75) is 37.3 Å². The van der Waals surface area contributed by atoms with Crippen LogP contribution >= 0.6 is 0 Å². The second-order valence-corrected chi connectivity index (χ2v) is 7.89. The molecule has 29 heavy (non-hydrogen) atoms. The summed E-state index contributed by atoms with van der Waals surface area (Å²) in [6.07, 6.45) is 5.22. The number of aromatic amines is 1. The molecule has 152 valence electrons. The van der Waals surface area contributed by atoms with E-state index in [1.807, 2.05) is 30.5 Å². The zero-order chi connectivity index (χ0) is 19.8. The van der Waals surface area contributed by atoms with Gasteiger partial charge < -0.3 is 24.5 Å². The lowest BCUT2D eigenvalue weighted by Crippen LogP contribution is -2.41. The van der Waals surface area contributed by atoms with Crippen LogP contribution in [-0.4, -0.2) is 37.4 Å². The first-order chi connectivity index (χ1) is 14.2. The smallest absolute Gasteiger partial charge is 0.204 e. The highest BCUT2D eigenvalue weighted by Crippen LogP contribution is 2.41. The lowest BCUT2D eigenvalue weighted by molar-refractivity contribution is 0.0844. The standard InChI is InChI=1S/C23H25FN2O3/c1-27-21-3-2-4-22-23(21)29-17(13-28-22)11-25-16-7-5-14(9-16)19-12-26-20-8-6-15(24)10-18(19)20/h2-4,6,8,10,12,14,16-17,25-26H,5,7,9,11,13H2,1H3/t14-,16+,17-/m0/s1. The maximum absolute atomic E-state index is 13.7. The number of para-hydroxylation sites is 1. The fourth-order valence-electron chi connectivity index (χ4n) is 4.57. The molecule has 2 N–H and O–H groups in total. The van der Waals surface area contributed by atoms with Gasteiger partial charge >= 0.3 is 0 Å². The molecule has 2 heterocycles. The zero-order valence-electron chi connectivity index (χ0n) is 16.4. The second-order valence-electron chi connectivity index (χ2n) is 7.89. The number of hydrogen-bond acceptors (Lipinski definition) is 4. The quantitative estimate of drug-likeness (QED) is 0.672. The fourth-order valence-corrected chi connectivity index (χ4v) is 4.57. The number of hydrogen-bond donors (Lipinski definition) is 2. The Morgan fingerprint density at radius 2 is 2.17 bits per heavy atom. The van der Waals surface area contributed by atoms with E-state index in [-0.39, 0.29) is 11.9 Å². The summed E-state index contributed by atoms with van der Waals surface area (Å²) in [7, 11) is 1.64. The number of fused-ring (bicyclic) bond motifs is 2. The lowest BCUT2D eigenvalue weighted by atomic mass is 9.97. The molecule has 0 bridgehead atoms. The van der Waals surface area contributed by atoms with Gasteiger partial charge in [-0.05, 0) is 61.1 Å². The van der Waals surface area contributed by atoms with Gasteiger partial charge in [-0.25, -0.2) is 4.39 Å². The Labute approximate surface area is 169 Å². The summed E-state index contributed by atoms with van der Waals surface area (Å²) < 4.78 is 31.0. The van der Waals surface area contributed by atoms with E-state index in [0.717, 1.165) is 42.5 Å². The number of H-pyrrole nitrogens is 1. The van der Waals surface area contributed by atoms with Crippen molar-refractivity contribution in [2.24, 2.45) is 0 Å². The van der Waals surface area contributed by atoms with Crippen LogP contribution in [0.15, 0.2) is 42.6 Å². The van der Waals surface area contributed by atoms with Gasteiger partial charge in [0.15, 0.2) is 11.5 Å². The van der Waals surface area contributed by atoms with Crippen LogP contribution in [-0.2, 0) is 0 Å². The molecule has 1 saturated carbocycles. The van der Waals surface area contributed by atoms with Gasteiger partial charge in [-0.1, -0.05) is 6.07 Å². The van der Waals surface area contributed by atoms with E-state index in [9.17, 15) is 4.39 Å². The van der Waals surface area contributed by atoms with E-state index in [4.69, 9.17) is 14.2 Å². The number of halogens is 1. The molecule has 1 aromatic heterocycles. The molecule has 0 radical (unpaired) electrons. The summed E-state index contributed by atoms with van der Waals surface area (Å²) in [6.45, 7) is 1.24. The molecule has 5 rings (SSSR count). The predicted octanol–water partition coefficient (Wildman–Crippen LogP) is 4.38. The van der Waals surface area contributed by atoms with Crippen molar-refractivity contribution in [3.63, 3.8) is 0 Å². The maximum atomic E-state index is 13.7. The Bertz CT molecular complexity index is 1000. The van der Waals surface area contributed by atoms with Gasteiger partial charge in [0.1, 0.15) is 18.5 Å². The van der Waals surface area contributed by atoms with E-state index < -0.39 is 0 Å². The number of rotatable bonds is 5. The average Bonchev–Trinajstić information content (AvgIpc) is 3.38. The van der Waals surface area contributed by atoms with Gasteiger partial charge in [0, 0.05) is 29.7 Å². The summed E-state index contributed by atoms with van der Waals surface area (Å²) in [5.41, 5.74) is 2.22. The molecule has 1 aliphatic heterocycles. The number of aromatic nitrogens is 1. The number of benzene rings is 2. The fraction of sp³-hybridized carbons (Fsp3) is 0.391. The van der Waals surface area contributed by atoms with Crippen LogP contribution in [0.3, 0.4) is 0 Å². The van der Waals surface area contributed by atoms with E-state index in [1.54, 1.807) is 13.2 Å². The van der Waals surface area contributed by atoms with Gasteiger partial charge in [0.05, 0.1) is 7.11 Å². The lowest BCUT2D eigenvalue weighted by Gasteiger charge is -2.28. The molecule has 2 aliphatic rings. The normalized spacial score (nSPS) is 23.4. The summed E-state index contributed by atoms with van der Waals surface area (Å²) in [4.78, 5) is 3.28. The van der Waals surface area contributed by atoms with Crippen LogP contribution in [0.4, 0.5) is 4.39 Å². The van der Waals surface area contributed by atoms with Gasteiger partial charge in [-0.3, -0.25) is 0 Å². The third kappa shape index (κ3) is 3.53. The van der Waals surface area contributed by atoms with Crippen LogP contribution in [0.25, 0.3) is 10.9 Å². The van der Waals surface area contributed by atoms with Crippen molar-refractivity contribution in [1.82, 2.24) is 10.3 Å². The monoisotopic (exact) mass is 396 g/mol. The van der Waals surface area contributed by atoms with Crippen molar-refractivity contribution in [3.05, 3.63) is 54.0 Å². The Kier molecular flexibility index (Phi) is 4.79. The Morgan fingerprint density at radius 3 is 3.07 bits per heavy atom. The molecule has 0 unspecified atom stereocenters. The highest BCUT2D eigenvalue weighted by Gasteiger charge is 2.29. The Balaban J connectivity index is 1.20. The molecule has 0 saturated heterocycles. The minimum Gasteiger partial charge on any atom is -0.493 e. The first-order valence-corrected chi connectivity index (χ1v) is 10.2. The predicted molar refractivity (Wildman–Crippen MR) is 110 cm³/mol. The van der Waals surface area contributed by atoms with Crippen molar-refractivity contribution in [2.75, 3.05) is 20.3 Å². The number of methoxy groups -OCH3 is 1. The van der Waals surface area contributed by atoms with Crippen LogP contribution < -0.4 is 19.5 Å². The number of ether oxygens (including phenoxy) is 3. The van der Waals surface area contributed by atoms with Gasteiger partial charge in [-0.15, -0.1) is 0 Å². The summed E-state index contributed by atoms with van der Waals surface area (Å²) in [5.74, 6) is 2.36. The molecule has 3 aromatic rings. The molecule has 6 heteroatoms. The van der Waals surface area contributed by atoms with Crippen LogP contribution in [0.2, 0.25) is 0 Å². The van der Waals surface area contributed by atoms with Crippen LogP contribution in [0.1, 0.15) is 30.7 Å². The first kappa shape index (κ1) is 18.3. The van der Waals surface area contributed by atoms with Gasteiger partial charge in [-0.2, -0.15) is 0 Å². The molecule has 2 aromatic carbocycles. The molecular weight excluding hydrogens is 371 g/mol. The van der Waals surface area contributed by atoms with E-state index in [0.29, 0.717) is 30.1 Å². The topological polar surface area (TPSA) is 55.5 Å². The molecule has 0 amide bonds. The van der Waals surface area contributed by atoms with E-state index in [2.05, 4.69) is 10.3 Å². The van der Waals surface area contributed by atoms with Crippen molar-refractivity contribution in [1.29, 1.82) is 0 Å². The molecule has 1 fully saturated rings. The van der Waals surface area contributed by atoms with Crippen LogP contribution in [0.5, 0.6) is 17.2 Å². The van der Waals surface area contributed by atoms with Crippen molar-refractivity contribution in [3.8, 4) is 17.2 Å². The third-order valence-electron chi connectivity index (χ3n) is 6.05. The molecule has 0 spiro atoms. The first-order valence-electron chi connectivity index (χ1n) is 10.2. The van der Waals surface area contributed by atoms with Crippen molar-refractivity contribution >= 4 is 10.9 Å². The van der Waals surface area contributed by atoms with Gasteiger partial charge in [0.2, 0.25) is 5.75 Å². The average molecular weight is 396 g/mol. The largest absolute Gasteiger partial charge is 0.493 e. The minimum atomic E-state index is -0.184. The molecule has 3 atom stereocenters. The molecule has 1 aliphatic carbocycles. The second kappa shape index (κ2) is 7.59. The van der Waals surface area contributed by atoms with E-state index in [1.165, 1.54) is 11.6 Å².